The summed E-state index contributed by atoms with van der Waals surface area (Å²) in [7, 11) is -3.68. The summed E-state index contributed by atoms with van der Waals surface area (Å²) in [5.41, 5.74) is 2.54. The lowest BCUT2D eigenvalue weighted by molar-refractivity contribution is 0.0945. The van der Waals surface area contributed by atoms with Crippen molar-refractivity contribution in [1.82, 2.24) is 10.3 Å². The minimum atomic E-state index is -3.68. The van der Waals surface area contributed by atoms with Crippen LogP contribution in [0.2, 0.25) is 0 Å². The zero-order chi connectivity index (χ0) is 13.0. The van der Waals surface area contributed by atoms with Gasteiger partial charge in [0.15, 0.2) is 0 Å². The monoisotopic (exact) mass is 282 g/mol. The first-order chi connectivity index (χ1) is 8.59. The van der Waals surface area contributed by atoms with E-state index >= 15 is 0 Å². The van der Waals surface area contributed by atoms with Crippen LogP contribution in [-0.4, -0.2) is 14.3 Å². The molecule has 1 aromatic carbocycles. The summed E-state index contributed by atoms with van der Waals surface area (Å²) in [6, 6.07) is 11.4. The summed E-state index contributed by atoms with van der Waals surface area (Å²) >= 11 is 1.08. The topological polar surface area (TPSA) is 75.3 Å². The number of nitrogens with one attached hydrogen (secondary N) is 2. The van der Waals surface area contributed by atoms with E-state index in [-0.39, 0.29) is 4.21 Å². The van der Waals surface area contributed by atoms with Crippen LogP contribution in [0.4, 0.5) is 0 Å². The molecule has 0 bridgehead atoms. The number of hydrazine groups is 1. The van der Waals surface area contributed by atoms with Gasteiger partial charge in [-0.3, -0.25) is 10.2 Å². The molecule has 7 heteroatoms. The first kappa shape index (κ1) is 12.7. The molecule has 0 saturated heterocycles. The Balaban J connectivity index is 2.03. The number of sulfonamides is 1. The fraction of sp³-hybridized carbons (Fsp3) is 0. The Labute approximate surface area is 108 Å². The average molecular weight is 282 g/mol. The van der Waals surface area contributed by atoms with Gasteiger partial charge >= 0.3 is 0 Å². The normalized spacial score (nSPS) is 11.1. The number of rotatable bonds is 4. The van der Waals surface area contributed by atoms with Crippen LogP contribution in [-0.2, 0) is 10.0 Å². The van der Waals surface area contributed by atoms with Crippen molar-refractivity contribution in [3.05, 3.63) is 53.4 Å². The molecule has 1 amide bonds. The van der Waals surface area contributed by atoms with Crippen LogP contribution in [0.1, 0.15) is 10.4 Å². The van der Waals surface area contributed by atoms with Crippen molar-refractivity contribution in [1.29, 1.82) is 0 Å². The lowest BCUT2D eigenvalue weighted by atomic mass is 10.2. The third kappa shape index (κ3) is 2.95. The number of carbonyl (C=O) groups excluding carboxylic acids is 1. The average Bonchev–Trinajstić information content (AvgIpc) is 2.92. The van der Waals surface area contributed by atoms with Crippen LogP contribution in [0.5, 0.6) is 0 Å². The smallest absolute Gasteiger partial charge is 0.266 e. The number of thiophene rings is 1. The minimum absolute atomic E-state index is 0.149. The first-order valence-corrected chi connectivity index (χ1v) is 7.36. The summed E-state index contributed by atoms with van der Waals surface area (Å²) in [6.45, 7) is 0. The molecule has 1 heterocycles. The summed E-state index contributed by atoms with van der Waals surface area (Å²) in [5, 5.41) is 1.65. The third-order valence-corrected chi connectivity index (χ3v) is 4.74. The van der Waals surface area contributed by atoms with E-state index in [1.54, 1.807) is 41.8 Å². The number of amides is 1. The summed E-state index contributed by atoms with van der Waals surface area (Å²) in [4.78, 5) is 13.7. The Morgan fingerprint density at radius 2 is 1.78 bits per heavy atom. The molecule has 0 fully saturated rings. The molecule has 0 radical (unpaired) electrons. The highest BCUT2D eigenvalue weighted by atomic mass is 32.2. The highest BCUT2D eigenvalue weighted by Gasteiger charge is 2.16. The molecular formula is C11H10N2O3S2. The van der Waals surface area contributed by atoms with Gasteiger partial charge in [-0.1, -0.05) is 24.3 Å². The van der Waals surface area contributed by atoms with Crippen LogP contribution in [0.3, 0.4) is 0 Å². The Kier molecular flexibility index (Phi) is 3.75. The van der Waals surface area contributed by atoms with Gasteiger partial charge in [-0.2, -0.15) is 0 Å². The van der Waals surface area contributed by atoms with E-state index in [0.29, 0.717) is 5.56 Å². The van der Waals surface area contributed by atoms with Crippen LogP contribution in [0, 0.1) is 0 Å². The quantitative estimate of drug-likeness (QED) is 0.832. The number of benzene rings is 1. The largest absolute Gasteiger partial charge is 0.273 e. The number of carbonyl (C=O) groups is 1. The van der Waals surface area contributed by atoms with E-state index in [9.17, 15) is 13.2 Å². The summed E-state index contributed by atoms with van der Waals surface area (Å²) < 4.78 is 23.6. The molecule has 18 heavy (non-hydrogen) atoms. The highest BCUT2D eigenvalue weighted by Crippen LogP contribution is 2.14. The van der Waals surface area contributed by atoms with Gasteiger partial charge in [-0.25, -0.2) is 8.42 Å². The molecule has 2 N–H and O–H groups in total. The summed E-state index contributed by atoms with van der Waals surface area (Å²) in [5.74, 6) is -0.504. The zero-order valence-electron chi connectivity index (χ0n) is 9.16. The molecule has 2 rings (SSSR count). The van der Waals surface area contributed by atoms with Gasteiger partial charge in [0.1, 0.15) is 4.21 Å². The third-order valence-electron chi connectivity index (χ3n) is 2.09. The van der Waals surface area contributed by atoms with Gasteiger partial charge in [0.25, 0.3) is 15.9 Å². The van der Waals surface area contributed by atoms with Crippen molar-refractivity contribution >= 4 is 27.3 Å². The van der Waals surface area contributed by atoms with Crippen molar-refractivity contribution in [3.63, 3.8) is 0 Å². The van der Waals surface area contributed by atoms with Crippen molar-refractivity contribution in [2.75, 3.05) is 0 Å². The van der Waals surface area contributed by atoms with Crippen molar-refractivity contribution < 1.29 is 13.2 Å². The lowest BCUT2D eigenvalue weighted by Gasteiger charge is -2.06. The second-order valence-corrected chi connectivity index (χ2v) is 6.21. The van der Waals surface area contributed by atoms with Gasteiger partial charge in [0.2, 0.25) is 0 Å². The molecule has 0 saturated carbocycles. The second kappa shape index (κ2) is 5.30. The molecule has 5 nitrogen and oxygen atoms in total. The molecule has 94 valence electrons. The fourth-order valence-corrected chi connectivity index (χ4v) is 3.07. The van der Waals surface area contributed by atoms with E-state index in [1.807, 2.05) is 4.83 Å². The lowest BCUT2D eigenvalue weighted by Crippen LogP contribution is -2.41. The van der Waals surface area contributed by atoms with Gasteiger partial charge < -0.3 is 0 Å². The Bertz CT molecular complexity index is 622. The van der Waals surface area contributed by atoms with Gasteiger partial charge in [-0.15, -0.1) is 16.2 Å². The maximum Gasteiger partial charge on any atom is 0.266 e. The van der Waals surface area contributed by atoms with Crippen molar-refractivity contribution in [2.45, 2.75) is 4.21 Å². The maximum absolute atomic E-state index is 11.7. The van der Waals surface area contributed by atoms with Crippen molar-refractivity contribution in [2.24, 2.45) is 0 Å². The Morgan fingerprint density at radius 1 is 1.06 bits per heavy atom. The molecule has 0 aliphatic carbocycles. The van der Waals surface area contributed by atoms with Crippen molar-refractivity contribution in [3.8, 4) is 0 Å². The SMILES string of the molecule is O=C(NNS(=O)(=O)c1cccs1)c1ccccc1. The molecular weight excluding hydrogens is 272 g/mol. The minimum Gasteiger partial charge on any atom is -0.273 e. The number of hydrogen-bond donors (Lipinski definition) is 2. The van der Waals surface area contributed by atoms with E-state index in [0.717, 1.165) is 11.3 Å². The first-order valence-electron chi connectivity index (χ1n) is 5.00. The zero-order valence-corrected chi connectivity index (χ0v) is 10.8. The number of hydrogen-bond acceptors (Lipinski definition) is 4. The fourth-order valence-electron chi connectivity index (χ4n) is 1.24. The Hall–Kier alpha value is -1.70. The summed E-state index contributed by atoms with van der Waals surface area (Å²) in [6.07, 6.45) is 0. The van der Waals surface area contributed by atoms with Crippen LogP contribution in [0.25, 0.3) is 0 Å². The molecule has 0 aliphatic rings. The second-order valence-electron chi connectivity index (χ2n) is 3.36. The van der Waals surface area contributed by atoms with Crippen LogP contribution in [0.15, 0.2) is 52.1 Å². The molecule has 0 spiro atoms. The molecule has 2 aromatic rings. The standard InChI is InChI=1S/C11H10N2O3S2/c14-11(9-5-2-1-3-6-9)12-13-18(15,16)10-7-4-8-17-10/h1-8,13H,(H,12,14). The van der Waals surface area contributed by atoms with E-state index < -0.39 is 15.9 Å². The van der Waals surface area contributed by atoms with Gasteiger partial charge in [-0.05, 0) is 23.6 Å². The van der Waals surface area contributed by atoms with E-state index in [2.05, 4.69) is 5.43 Å². The highest BCUT2D eigenvalue weighted by molar-refractivity contribution is 7.91. The van der Waals surface area contributed by atoms with Crippen LogP contribution >= 0.6 is 11.3 Å². The molecule has 0 atom stereocenters. The van der Waals surface area contributed by atoms with Gasteiger partial charge in [0, 0.05) is 5.56 Å². The maximum atomic E-state index is 11.7. The predicted octanol–water partition coefficient (Wildman–Crippen LogP) is 1.37. The molecule has 0 unspecified atom stereocenters. The van der Waals surface area contributed by atoms with E-state index in [1.165, 1.54) is 6.07 Å². The molecule has 0 aliphatic heterocycles. The molecule has 1 aromatic heterocycles. The van der Waals surface area contributed by atoms with E-state index in [4.69, 9.17) is 0 Å². The Morgan fingerprint density at radius 3 is 2.39 bits per heavy atom. The van der Waals surface area contributed by atoms with Gasteiger partial charge in [0.05, 0.1) is 0 Å². The predicted molar refractivity (Wildman–Crippen MR) is 68.5 cm³/mol. The van der Waals surface area contributed by atoms with Crippen LogP contribution < -0.4 is 10.3 Å².